The summed E-state index contributed by atoms with van der Waals surface area (Å²) in [6.07, 6.45) is 0.300. The second-order valence-electron chi connectivity index (χ2n) is 8.20. The lowest BCUT2D eigenvalue weighted by Gasteiger charge is -2.32. The average molecular weight is 477 g/mol. The van der Waals surface area contributed by atoms with Crippen LogP contribution in [0.25, 0.3) is 16.8 Å². The van der Waals surface area contributed by atoms with Crippen molar-refractivity contribution >= 4 is 0 Å². The zero-order valence-corrected chi connectivity index (χ0v) is 19.0. The smallest absolute Gasteiger partial charge is 0.491 e. The van der Waals surface area contributed by atoms with E-state index in [4.69, 9.17) is 4.74 Å². The zero-order chi connectivity index (χ0) is 24.3. The Morgan fingerprint density at radius 1 is 1.03 bits per heavy atom. The minimum Gasteiger partial charge on any atom is -0.491 e. The van der Waals surface area contributed by atoms with Gasteiger partial charge in [0.15, 0.2) is 0 Å². The van der Waals surface area contributed by atoms with E-state index in [0.717, 1.165) is 38.3 Å². The molecule has 1 aliphatic rings. The summed E-state index contributed by atoms with van der Waals surface area (Å²) in [6.45, 7) is 5.09. The van der Waals surface area contributed by atoms with Crippen LogP contribution in [-0.4, -0.2) is 76.9 Å². The van der Waals surface area contributed by atoms with E-state index in [1.165, 1.54) is 34.9 Å². The molecule has 0 aliphatic carbocycles. The summed E-state index contributed by atoms with van der Waals surface area (Å²) in [6, 6.07) is 6.51. The molecule has 0 N–H and O–H groups in total. The van der Waals surface area contributed by atoms with Crippen molar-refractivity contribution in [3.8, 4) is 28.3 Å². The van der Waals surface area contributed by atoms with Crippen molar-refractivity contribution in [2.75, 3.05) is 46.4 Å². The molecule has 3 heterocycles. The first kappa shape index (κ1) is 23.8. The number of piperazine rings is 1. The van der Waals surface area contributed by atoms with Gasteiger partial charge >= 0.3 is 6.36 Å². The number of alkyl halides is 3. The van der Waals surface area contributed by atoms with Crippen LogP contribution >= 0.6 is 0 Å². The van der Waals surface area contributed by atoms with Crippen LogP contribution < -0.4 is 15.0 Å². The molecule has 0 saturated carbocycles. The summed E-state index contributed by atoms with van der Waals surface area (Å²) < 4.78 is 50.3. The lowest BCUT2D eigenvalue weighted by molar-refractivity contribution is -0.274. The summed E-state index contributed by atoms with van der Waals surface area (Å²) in [7, 11) is 3.88. The topological polar surface area (TPSA) is 64.8 Å². The molecule has 8 nitrogen and oxygen atoms in total. The van der Waals surface area contributed by atoms with Crippen molar-refractivity contribution in [3.63, 3.8) is 0 Å². The molecule has 0 atom stereocenters. The molecule has 0 bridgehead atoms. The second-order valence-corrected chi connectivity index (χ2v) is 8.20. The lowest BCUT2D eigenvalue weighted by Crippen LogP contribution is -2.45. The zero-order valence-electron chi connectivity index (χ0n) is 19.0. The van der Waals surface area contributed by atoms with Gasteiger partial charge in [0.25, 0.3) is 5.56 Å². The molecule has 2 aromatic heterocycles. The number of pyridine rings is 1. The van der Waals surface area contributed by atoms with E-state index in [-0.39, 0.29) is 11.3 Å². The van der Waals surface area contributed by atoms with Crippen LogP contribution in [0, 0.1) is 0 Å². The third kappa shape index (κ3) is 5.97. The first-order valence-electron chi connectivity index (χ1n) is 10.8. The third-order valence-electron chi connectivity index (χ3n) is 5.64. The van der Waals surface area contributed by atoms with Gasteiger partial charge in [-0.05, 0) is 31.3 Å². The first-order valence-corrected chi connectivity index (χ1v) is 10.8. The highest BCUT2D eigenvalue weighted by atomic mass is 19.4. The molecule has 3 aromatic rings. The highest BCUT2D eigenvalue weighted by Gasteiger charge is 2.31. The quantitative estimate of drug-likeness (QED) is 0.522. The number of aryl methyl sites for hydroxylation is 1. The largest absolute Gasteiger partial charge is 0.573 e. The van der Waals surface area contributed by atoms with E-state index in [9.17, 15) is 18.0 Å². The molecule has 1 fully saturated rings. The Morgan fingerprint density at radius 2 is 1.74 bits per heavy atom. The Kier molecular flexibility index (Phi) is 6.94. The van der Waals surface area contributed by atoms with Crippen LogP contribution in [0.3, 0.4) is 0 Å². The number of ether oxygens (including phenoxy) is 2. The Morgan fingerprint density at radius 3 is 2.35 bits per heavy atom. The summed E-state index contributed by atoms with van der Waals surface area (Å²) in [5.41, 5.74) is 1.44. The highest BCUT2D eigenvalue weighted by Crippen LogP contribution is 2.30. The number of likely N-dealkylation sites (N-methyl/N-ethyl adjacent to an activating group) is 1. The van der Waals surface area contributed by atoms with Crippen molar-refractivity contribution in [2.45, 2.75) is 6.36 Å². The van der Waals surface area contributed by atoms with Gasteiger partial charge in [0.05, 0.1) is 6.20 Å². The fourth-order valence-electron chi connectivity index (χ4n) is 3.78. The Bertz CT molecular complexity index is 1170. The van der Waals surface area contributed by atoms with Gasteiger partial charge in [-0.3, -0.25) is 18.9 Å². The fourth-order valence-corrected chi connectivity index (χ4v) is 3.78. The molecule has 4 rings (SSSR count). The summed E-state index contributed by atoms with van der Waals surface area (Å²) in [5.74, 6) is 0.0704. The standard InChI is InChI=1S/C23H26F3N5O3/c1-28-7-9-30(10-8-28)11-12-33-21-13-22(32)31(16-20(21)17-14-27-29(2)15-17)18-3-5-19(6-4-18)34-23(24,25)26/h3-6,13-16H,7-12H2,1-2H3. The van der Waals surface area contributed by atoms with Crippen LogP contribution in [0.15, 0.2) is 53.7 Å². The maximum atomic E-state index is 12.9. The van der Waals surface area contributed by atoms with Gasteiger partial charge in [0.1, 0.15) is 18.1 Å². The first-order chi connectivity index (χ1) is 16.2. The van der Waals surface area contributed by atoms with Gasteiger partial charge in [-0.15, -0.1) is 13.2 Å². The summed E-state index contributed by atoms with van der Waals surface area (Å²) >= 11 is 0. The predicted molar refractivity (Wildman–Crippen MR) is 120 cm³/mol. The van der Waals surface area contributed by atoms with Crippen molar-refractivity contribution in [1.29, 1.82) is 0 Å². The molecule has 1 aromatic carbocycles. The van der Waals surface area contributed by atoms with Crippen LogP contribution in [0.5, 0.6) is 11.5 Å². The van der Waals surface area contributed by atoms with Crippen molar-refractivity contribution in [3.05, 3.63) is 59.3 Å². The third-order valence-corrected chi connectivity index (χ3v) is 5.64. The van der Waals surface area contributed by atoms with Crippen molar-refractivity contribution < 1.29 is 22.6 Å². The van der Waals surface area contributed by atoms with E-state index in [1.807, 2.05) is 0 Å². The van der Waals surface area contributed by atoms with Crippen LogP contribution in [0.1, 0.15) is 0 Å². The van der Waals surface area contributed by atoms with Gasteiger partial charge in [-0.25, -0.2) is 0 Å². The van der Waals surface area contributed by atoms with Gasteiger partial charge in [0, 0.05) is 75.0 Å². The number of nitrogens with zero attached hydrogens (tertiary/aromatic N) is 5. The molecular formula is C23H26F3N5O3. The SMILES string of the molecule is CN1CCN(CCOc2cc(=O)n(-c3ccc(OC(F)(F)F)cc3)cc2-c2cnn(C)c2)CC1. The molecule has 182 valence electrons. The van der Waals surface area contributed by atoms with Gasteiger partial charge in [0.2, 0.25) is 0 Å². The number of rotatable bonds is 7. The maximum absolute atomic E-state index is 12.9. The van der Waals surface area contributed by atoms with Crippen LogP contribution in [0.4, 0.5) is 13.2 Å². The minimum absolute atomic E-state index is 0.361. The molecule has 0 amide bonds. The van der Waals surface area contributed by atoms with E-state index < -0.39 is 6.36 Å². The maximum Gasteiger partial charge on any atom is 0.573 e. The number of benzene rings is 1. The summed E-state index contributed by atoms with van der Waals surface area (Å²) in [4.78, 5) is 17.5. The molecule has 34 heavy (non-hydrogen) atoms. The molecule has 1 aliphatic heterocycles. The van der Waals surface area contributed by atoms with Crippen molar-refractivity contribution in [1.82, 2.24) is 24.1 Å². The summed E-state index contributed by atoms with van der Waals surface area (Å²) in [5, 5.41) is 4.20. The molecule has 0 unspecified atom stereocenters. The molecule has 0 spiro atoms. The number of hydrogen-bond donors (Lipinski definition) is 0. The molecule has 1 saturated heterocycles. The molecular weight excluding hydrogens is 451 g/mol. The Labute approximate surface area is 194 Å². The molecule has 0 radical (unpaired) electrons. The number of aromatic nitrogens is 3. The molecule has 11 heteroatoms. The number of halogens is 3. The van der Waals surface area contributed by atoms with E-state index in [2.05, 4.69) is 26.7 Å². The van der Waals surface area contributed by atoms with Crippen LogP contribution in [0.2, 0.25) is 0 Å². The van der Waals surface area contributed by atoms with Crippen molar-refractivity contribution in [2.24, 2.45) is 7.05 Å². The average Bonchev–Trinajstić information content (AvgIpc) is 3.21. The second kappa shape index (κ2) is 9.90. The van der Waals surface area contributed by atoms with Gasteiger partial charge in [-0.1, -0.05) is 0 Å². The Balaban J connectivity index is 1.58. The van der Waals surface area contributed by atoms with E-state index >= 15 is 0 Å². The van der Waals surface area contributed by atoms with E-state index in [1.54, 1.807) is 30.3 Å². The lowest BCUT2D eigenvalue weighted by atomic mass is 10.1. The fraction of sp³-hybridized carbons (Fsp3) is 0.391. The number of hydrogen-bond acceptors (Lipinski definition) is 6. The van der Waals surface area contributed by atoms with Crippen LogP contribution in [-0.2, 0) is 7.05 Å². The Hall–Kier alpha value is -3.31. The van der Waals surface area contributed by atoms with Gasteiger partial charge in [-0.2, -0.15) is 5.10 Å². The van der Waals surface area contributed by atoms with E-state index in [0.29, 0.717) is 23.6 Å². The highest BCUT2D eigenvalue weighted by molar-refractivity contribution is 5.68. The monoisotopic (exact) mass is 477 g/mol. The normalized spacial score (nSPS) is 15.4. The predicted octanol–water partition coefficient (Wildman–Crippen LogP) is 2.76. The van der Waals surface area contributed by atoms with Gasteiger partial charge < -0.3 is 14.4 Å². The minimum atomic E-state index is -4.78.